The summed E-state index contributed by atoms with van der Waals surface area (Å²) in [5, 5.41) is 10.8. The summed E-state index contributed by atoms with van der Waals surface area (Å²) in [5.41, 5.74) is -3.57. The summed E-state index contributed by atoms with van der Waals surface area (Å²) in [5.74, 6) is -12.1. The van der Waals surface area contributed by atoms with Crippen LogP contribution < -0.4 is 5.32 Å². The van der Waals surface area contributed by atoms with E-state index in [4.69, 9.17) is 11.6 Å². The Hall–Kier alpha value is -4.05. The summed E-state index contributed by atoms with van der Waals surface area (Å²) in [6.07, 6.45) is -3.84. The highest BCUT2D eigenvalue weighted by atomic mass is 35.5. The SMILES string of the molecule is O=C(Nc1ccn(Cc2c(F)c(F)c(F)c(F)c2F)n1)c1nn2c(C(F)(F)F)cc(-c3cccs3)nc2c1Cl. The van der Waals surface area contributed by atoms with Gasteiger partial charge < -0.3 is 5.32 Å². The van der Waals surface area contributed by atoms with E-state index in [2.05, 4.69) is 20.5 Å². The van der Waals surface area contributed by atoms with E-state index in [1.807, 2.05) is 0 Å². The van der Waals surface area contributed by atoms with Crippen molar-refractivity contribution in [3.8, 4) is 10.6 Å². The van der Waals surface area contributed by atoms with E-state index >= 15 is 0 Å². The molecule has 1 amide bonds. The number of alkyl halides is 3. The fourth-order valence-corrected chi connectivity index (χ4v) is 4.46. The minimum Gasteiger partial charge on any atom is -0.304 e. The zero-order chi connectivity index (χ0) is 28.2. The van der Waals surface area contributed by atoms with E-state index in [1.165, 1.54) is 0 Å². The van der Waals surface area contributed by atoms with E-state index in [1.54, 1.807) is 17.5 Å². The van der Waals surface area contributed by atoms with Crippen LogP contribution in [0.1, 0.15) is 21.7 Å². The van der Waals surface area contributed by atoms with E-state index in [9.17, 15) is 39.9 Å². The number of hydrogen-bond acceptors (Lipinski definition) is 5. The second-order valence-electron chi connectivity index (χ2n) is 7.80. The molecule has 0 unspecified atom stereocenters. The Morgan fingerprint density at radius 2 is 1.67 bits per heavy atom. The lowest BCUT2D eigenvalue weighted by Crippen LogP contribution is -2.16. The number of halogens is 9. The molecule has 7 nitrogen and oxygen atoms in total. The Balaban J connectivity index is 1.45. The largest absolute Gasteiger partial charge is 0.433 e. The number of nitrogens with zero attached hydrogens (tertiary/aromatic N) is 5. The Labute approximate surface area is 220 Å². The molecule has 0 radical (unpaired) electrons. The third-order valence-electron chi connectivity index (χ3n) is 5.32. The van der Waals surface area contributed by atoms with Crippen LogP contribution >= 0.6 is 22.9 Å². The predicted octanol–water partition coefficient (Wildman–Crippen LogP) is 6.32. The first-order valence-corrected chi connectivity index (χ1v) is 11.7. The summed E-state index contributed by atoms with van der Waals surface area (Å²) < 4.78 is 111. The lowest BCUT2D eigenvalue weighted by Gasteiger charge is -2.10. The van der Waals surface area contributed by atoms with Crippen molar-refractivity contribution in [2.45, 2.75) is 12.7 Å². The molecule has 4 heterocycles. The minimum atomic E-state index is -4.89. The number of hydrogen-bond donors (Lipinski definition) is 1. The molecule has 1 aromatic carbocycles. The van der Waals surface area contributed by atoms with Crippen LogP contribution in [0, 0.1) is 29.1 Å². The first-order chi connectivity index (χ1) is 18.4. The van der Waals surface area contributed by atoms with Gasteiger partial charge in [-0.2, -0.15) is 23.4 Å². The predicted molar refractivity (Wildman–Crippen MR) is 122 cm³/mol. The third-order valence-corrected chi connectivity index (χ3v) is 6.56. The van der Waals surface area contributed by atoms with Crippen LogP contribution in [-0.2, 0) is 12.7 Å². The molecule has 0 atom stereocenters. The number of carbonyl (C=O) groups excluding carboxylic acids is 1. The number of carbonyl (C=O) groups is 1. The number of benzene rings is 1. The molecular weight excluding hydrogens is 584 g/mol. The third kappa shape index (κ3) is 4.69. The normalized spacial score (nSPS) is 11.9. The van der Waals surface area contributed by atoms with Gasteiger partial charge in [-0.05, 0) is 17.5 Å². The van der Waals surface area contributed by atoms with Gasteiger partial charge in [0.15, 0.2) is 46.1 Å². The highest BCUT2D eigenvalue weighted by molar-refractivity contribution is 7.13. The van der Waals surface area contributed by atoms with Crippen LogP contribution in [-0.4, -0.2) is 30.3 Å². The molecule has 4 aromatic heterocycles. The maximum absolute atomic E-state index is 14.0. The first kappa shape index (κ1) is 26.6. The van der Waals surface area contributed by atoms with Crippen LogP contribution in [0.2, 0.25) is 5.02 Å². The maximum Gasteiger partial charge on any atom is 0.433 e. The summed E-state index contributed by atoms with van der Waals surface area (Å²) in [7, 11) is 0. The number of fused-ring (bicyclic) bond motifs is 1. The molecule has 0 saturated heterocycles. The monoisotopic (exact) mass is 592 g/mol. The summed E-state index contributed by atoms with van der Waals surface area (Å²) in [4.78, 5) is 17.3. The maximum atomic E-state index is 14.0. The summed E-state index contributed by atoms with van der Waals surface area (Å²) in [6.45, 7) is -0.902. The number of aromatic nitrogens is 5. The van der Waals surface area contributed by atoms with Crippen molar-refractivity contribution in [2.24, 2.45) is 0 Å². The summed E-state index contributed by atoms with van der Waals surface area (Å²) >= 11 is 7.31. The van der Waals surface area contributed by atoms with Gasteiger partial charge in [-0.3, -0.25) is 9.48 Å². The molecular formula is C22H9ClF8N6OS. The van der Waals surface area contributed by atoms with E-state index in [0.717, 1.165) is 34.3 Å². The average molecular weight is 593 g/mol. The lowest BCUT2D eigenvalue weighted by atomic mass is 10.1. The molecule has 0 saturated carbocycles. The molecule has 5 rings (SSSR count). The fraction of sp³-hybridized carbons (Fsp3) is 0.0909. The second-order valence-corrected chi connectivity index (χ2v) is 9.13. The van der Waals surface area contributed by atoms with Crippen molar-refractivity contribution in [3.05, 3.63) is 86.9 Å². The van der Waals surface area contributed by atoms with Gasteiger partial charge in [0, 0.05) is 12.3 Å². The van der Waals surface area contributed by atoms with Gasteiger partial charge in [0.1, 0.15) is 5.02 Å². The molecule has 0 aliphatic rings. The molecule has 5 aromatic rings. The zero-order valence-corrected chi connectivity index (χ0v) is 20.2. The number of thiophene rings is 1. The molecule has 0 aliphatic heterocycles. The van der Waals surface area contributed by atoms with Crippen LogP contribution in [0.3, 0.4) is 0 Å². The Kier molecular flexibility index (Phi) is 6.54. The van der Waals surface area contributed by atoms with Crippen molar-refractivity contribution in [1.29, 1.82) is 0 Å². The second kappa shape index (κ2) is 9.60. The van der Waals surface area contributed by atoms with Crippen molar-refractivity contribution in [3.63, 3.8) is 0 Å². The molecule has 17 heteroatoms. The number of nitrogens with one attached hydrogen (secondary N) is 1. The first-order valence-electron chi connectivity index (χ1n) is 10.4. The van der Waals surface area contributed by atoms with Crippen molar-refractivity contribution < 1.29 is 39.9 Å². The average Bonchev–Trinajstić information content (AvgIpc) is 3.64. The van der Waals surface area contributed by atoms with Gasteiger partial charge in [0.2, 0.25) is 5.82 Å². The fourth-order valence-electron chi connectivity index (χ4n) is 3.53. The molecule has 0 spiro atoms. The summed E-state index contributed by atoms with van der Waals surface area (Å²) in [6, 6.07) is 5.01. The molecule has 0 aliphatic carbocycles. The molecule has 202 valence electrons. The molecule has 1 N–H and O–H groups in total. The van der Waals surface area contributed by atoms with Crippen molar-refractivity contribution >= 4 is 40.3 Å². The zero-order valence-electron chi connectivity index (χ0n) is 18.6. The number of rotatable bonds is 5. The quantitative estimate of drug-likeness (QED) is 0.147. The Morgan fingerprint density at radius 1 is 1.00 bits per heavy atom. The van der Waals surface area contributed by atoms with Gasteiger partial charge in [-0.1, -0.05) is 17.7 Å². The van der Waals surface area contributed by atoms with Gasteiger partial charge >= 0.3 is 6.18 Å². The standard InChI is InChI=1S/C22H9ClF8N6OS/c23-13-19(35-37-11(22(29,30)31)6-9(32-20(13)37)10-2-1-5-39-10)21(38)33-12-3-4-36(34-12)7-8-14(24)16(26)18(28)17(27)15(8)25/h1-6H,7H2,(H,33,34,38). The van der Waals surface area contributed by atoms with Crippen molar-refractivity contribution in [1.82, 2.24) is 24.4 Å². The minimum absolute atomic E-state index is 0.0505. The topological polar surface area (TPSA) is 77.1 Å². The highest BCUT2D eigenvalue weighted by Crippen LogP contribution is 2.35. The van der Waals surface area contributed by atoms with Crippen LogP contribution in [0.4, 0.5) is 40.9 Å². The van der Waals surface area contributed by atoms with E-state index in [0.29, 0.717) is 9.39 Å². The number of amides is 1. The van der Waals surface area contributed by atoms with Crippen LogP contribution in [0.15, 0.2) is 35.8 Å². The lowest BCUT2D eigenvalue weighted by molar-refractivity contribution is -0.142. The van der Waals surface area contributed by atoms with E-state index < -0.39 is 75.3 Å². The van der Waals surface area contributed by atoms with E-state index in [-0.39, 0.29) is 11.5 Å². The van der Waals surface area contributed by atoms with Gasteiger partial charge in [-0.25, -0.2) is 31.5 Å². The molecule has 0 fully saturated rings. The van der Waals surface area contributed by atoms with Gasteiger partial charge in [0.25, 0.3) is 5.91 Å². The highest BCUT2D eigenvalue weighted by Gasteiger charge is 2.37. The molecule has 39 heavy (non-hydrogen) atoms. The number of anilines is 1. The van der Waals surface area contributed by atoms with Crippen molar-refractivity contribution in [2.75, 3.05) is 5.32 Å². The van der Waals surface area contributed by atoms with Crippen LogP contribution in [0.5, 0.6) is 0 Å². The van der Waals surface area contributed by atoms with Crippen LogP contribution in [0.25, 0.3) is 16.2 Å². The smallest absolute Gasteiger partial charge is 0.304 e. The van der Waals surface area contributed by atoms with Gasteiger partial charge in [-0.15, -0.1) is 11.3 Å². The Morgan fingerprint density at radius 3 is 2.28 bits per heavy atom. The Bertz CT molecular complexity index is 1720. The molecule has 0 bridgehead atoms. The van der Waals surface area contributed by atoms with Gasteiger partial charge in [0.05, 0.1) is 22.7 Å².